The number of urea groups is 1. The number of anilines is 1. The monoisotopic (exact) mass is 222 g/mol. The number of benzene rings is 1. The van der Waals surface area contributed by atoms with E-state index < -0.39 is 0 Å². The molecular formula is C12H18N2O2. The fourth-order valence-corrected chi connectivity index (χ4v) is 1.09. The fraction of sp³-hybridized carbons (Fsp3) is 0.417. The van der Waals surface area contributed by atoms with Gasteiger partial charge in [-0.15, -0.1) is 0 Å². The molecule has 0 aliphatic heterocycles. The van der Waals surface area contributed by atoms with E-state index in [-0.39, 0.29) is 6.03 Å². The Morgan fingerprint density at radius 3 is 2.44 bits per heavy atom. The van der Waals surface area contributed by atoms with E-state index in [0.29, 0.717) is 6.61 Å². The van der Waals surface area contributed by atoms with E-state index in [0.717, 1.165) is 17.9 Å². The van der Waals surface area contributed by atoms with E-state index in [1.807, 2.05) is 24.3 Å². The molecule has 0 saturated carbocycles. The summed E-state index contributed by atoms with van der Waals surface area (Å²) < 4.78 is 5.44. The van der Waals surface area contributed by atoms with Gasteiger partial charge in [-0.2, -0.15) is 0 Å². The first-order valence-corrected chi connectivity index (χ1v) is 5.34. The Morgan fingerprint density at radius 1 is 1.31 bits per heavy atom. The normalized spacial score (nSPS) is 9.69. The Morgan fingerprint density at radius 2 is 1.94 bits per heavy atom. The third-order valence-corrected chi connectivity index (χ3v) is 1.98. The SMILES string of the molecule is CCCOc1ccc(NC(=O)N(C)C)cc1. The first kappa shape index (κ1) is 12.4. The first-order chi connectivity index (χ1) is 7.63. The highest BCUT2D eigenvalue weighted by molar-refractivity contribution is 5.88. The molecule has 2 amide bonds. The van der Waals surface area contributed by atoms with E-state index in [1.165, 1.54) is 4.90 Å². The molecule has 0 atom stereocenters. The summed E-state index contributed by atoms with van der Waals surface area (Å²) in [5.41, 5.74) is 0.766. The van der Waals surface area contributed by atoms with Crippen LogP contribution in [-0.4, -0.2) is 31.6 Å². The van der Waals surface area contributed by atoms with Gasteiger partial charge in [-0.05, 0) is 30.7 Å². The van der Waals surface area contributed by atoms with Gasteiger partial charge in [0.05, 0.1) is 6.61 Å². The molecule has 1 aromatic rings. The maximum Gasteiger partial charge on any atom is 0.321 e. The Balaban J connectivity index is 2.54. The molecule has 0 aliphatic rings. The Kier molecular flexibility index (Phi) is 4.64. The van der Waals surface area contributed by atoms with Gasteiger partial charge in [0.2, 0.25) is 0 Å². The van der Waals surface area contributed by atoms with Gasteiger partial charge >= 0.3 is 6.03 Å². The highest BCUT2D eigenvalue weighted by Gasteiger charge is 2.03. The highest BCUT2D eigenvalue weighted by Crippen LogP contribution is 2.15. The number of amides is 2. The van der Waals surface area contributed by atoms with Crippen LogP contribution in [0.3, 0.4) is 0 Å². The summed E-state index contributed by atoms with van der Waals surface area (Å²) in [6.45, 7) is 2.77. The van der Waals surface area contributed by atoms with Crippen molar-refractivity contribution in [2.45, 2.75) is 13.3 Å². The summed E-state index contributed by atoms with van der Waals surface area (Å²) in [7, 11) is 3.40. The molecule has 0 radical (unpaired) electrons. The van der Waals surface area contributed by atoms with Crippen molar-refractivity contribution < 1.29 is 9.53 Å². The average Bonchev–Trinajstić information content (AvgIpc) is 2.28. The molecule has 0 saturated heterocycles. The summed E-state index contributed by atoms with van der Waals surface area (Å²) in [4.78, 5) is 12.8. The molecule has 1 N–H and O–H groups in total. The summed E-state index contributed by atoms with van der Waals surface area (Å²) in [6, 6.07) is 7.21. The van der Waals surface area contributed by atoms with Crippen LogP contribution in [0.2, 0.25) is 0 Å². The van der Waals surface area contributed by atoms with E-state index in [1.54, 1.807) is 14.1 Å². The van der Waals surface area contributed by atoms with Crippen molar-refractivity contribution in [3.63, 3.8) is 0 Å². The molecule has 16 heavy (non-hydrogen) atoms. The molecule has 0 aromatic heterocycles. The van der Waals surface area contributed by atoms with Gasteiger partial charge in [-0.25, -0.2) is 4.79 Å². The van der Waals surface area contributed by atoms with Crippen LogP contribution in [-0.2, 0) is 0 Å². The second-order valence-corrected chi connectivity index (χ2v) is 3.70. The summed E-state index contributed by atoms with van der Waals surface area (Å²) in [5, 5.41) is 2.76. The average molecular weight is 222 g/mol. The number of carbonyl (C=O) groups is 1. The zero-order valence-electron chi connectivity index (χ0n) is 9.99. The number of nitrogens with one attached hydrogen (secondary N) is 1. The second-order valence-electron chi connectivity index (χ2n) is 3.70. The first-order valence-electron chi connectivity index (χ1n) is 5.34. The van der Waals surface area contributed by atoms with Gasteiger partial charge in [0, 0.05) is 19.8 Å². The molecule has 0 aliphatic carbocycles. The lowest BCUT2D eigenvalue weighted by molar-refractivity contribution is 0.230. The summed E-state index contributed by atoms with van der Waals surface area (Å²) in [5.74, 6) is 0.824. The largest absolute Gasteiger partial charge is 0.494 e. The minimum Gasteiger partial charge on any atom is -0.494 e. The number of hydrogen-bond acceptors (Lipinski definition) is 2. The lowest BCUT2D eigenvalue weighted by Gasteiger charge is -2.12. The van der Waals surface area contributed by atoms with Crippen LogP contribution in [0.5, 0.6) is 5.75 Å². The lowest BCUT2D eigenvalue weighted by Crippen LogP contribution is -2.27. The van der Waals surface area contributed by atoms with Gasteiger partial charge in [0.25, 0.3) is 0 Å². The quantitative estimate of drug-likeness (QED) is 0.850. The summed E-state index contributed by atoms with van der Waals surface area (Å²) >= 11 is 0. The van der Waals surface area contributed by atoms with Crippen molar-refractivity contribution in [3.05, 3.63) is 24.3 Å². The van der Waals surface area contributed by atoms with Crippen LogP contribution in [0, 0.1) is 0 Å². The van der Waals surface area contributed by atoms with Crippen molar-refractivity contribution in [2.24, 2.45) is 0 Å². The Bertz CT molecular complexity index is 333. The molecule has 4 nitrogen and oxygen atoms in total. The molecule has 0 heterocycles. The maximum absolute atomic E-state index is 11.4. The third-order valence-electron chi connectivity index (χ3n) is 1.98. The molecule has 1 rings (SSSR count). The number of ether oxygens (including phenoxy) is 1. The second kappa shape index (κ2) is 6.00. The van der Waals surface area contributed by atoms with Crippen LogP contribution in [0.4, 0.5) is 10.5 Å². The minimum atomic E-state index is -0.137. The number of rotatable bonds is 4. The number of hydrogen-bond donors (Lipinski definition) is 1. The molecule has 0 spiro atoms. The van der Waals surface area contributed by atoms with Gasteiger partial charge in [0.1, 0.15) is 5.75 Å². The zero-order chi connectivity index (χ0) is 12.0. The predicted molar refractivity (Wildman–Crippen MR) is 64.9 cm³/mol. The molecule has 0 unspecified atom stereocenters. The maximum atomic E-state index is 11.4. The Labute approximate surface area is 96.2 Å². The number of nitrogens with zero attached hydrogens (tertiary/aromatic N) is 1. The van der Waals surface area contributed by atoms with Crippen molar-refractivity contribution in [1.29, 1.82) is 0 Å². The van der Waals surface area contributed by atoms with Gasteiger partial charge < -0.3 is 15.0 Å². The molecular weight excluding hydrogens is 204 g/mol. The fourth-order valence-electron chi connectivity index (χ4n) is 1.09. The van der Waals surface area contributed by atoms with E-state index >= 15 is 0 Å². The van der Waals surface area contributed by atoms with E-state index in [2.05, 4.69) is 12.2 Å². The van der Waals surface area contributed by atoms with Crippen LogP contribution in [0.25, 0.3) is 0 Å². The molecule has 4 heteroatoms. The third kappa shape index (κ3) is 3.81. The molecule has 0 bridgehead atoms. The standard InChI is InChI=1S/C12H18N2O2/c1-4-9-16-11-7-5-10(6-8-11)13-12(15)14(2)3/h5-8H,4,9H2,1-3H3,(H,13,15). The molecule has 88 valence electrons. The zero-order valence-corrected chi connectivity index (χ0v) is 9.99. The van der Waals surface area contributed by atoms with Gasteiger partial charge in [-0.3, -0.25) is 0 Å². The van der Waals surface area contributed by atoms with Crippen LogP contribution in [0.15, 0.2) is 24.3 Å². The van der Waals surface area contributed by atoms with Gasteiger partial charge in [-0.1, -0.05) is 6.92 Å². The highest BCUT2D eigenvalue weighted by atomic mass is 16.5. The van der Waals surface area contributed by atoms with Crippen LogP contribution in [0.1, 0.15) is 13.3 Å². The molecule has 1 aromatic carbocycles. The number of carbonyl (C=O) groups excluding carboxylic acids is 1. The lowest BCUT2D eigenvalue weighted by atomic mass is 10.3. The van der Waals surface area contributed by atoms with Crippen LogP contribution < -0.4 is 10.1 Å². The van der Waals surface area contributed by atoms with Crippen molar-refractivity contribution >= 4 is 11.7 Å². The summed E-state index contributed by atoms with van der Waals surface area (Å²) in [6.07, 6.45) is 0.985. The van der Waals surface area contributed by atoms with Crippen molar-refractivity contribution in [1.82, 2.24) is 4.90 Å². The van der Waals surface area contributed by atoms with Crippen LogP contribution >= 0.6 is 0 Å². The van der Waals surface area contributed by atoms with Crippen molar-refractivity contribution in [3.8, 4) is 5.75 Å². The smallest absolute Gasteiger partial charge is 0.321 e. The predicted octanol–water partition coefficient (Wildman–Crippen LogP) is 2.57. The Hall–Kier alpha value is -1.71. The van der Waals surface area contributed by atoms with Gasteiger partial charge in [0.15, 0.2) is 0 Å². The van der Waals surface area contributed by atoms with E-state index in [9.17, 15) is 4.79 Å². The minimum absolute atomic E-state index is 0.137. The topological polar surface area (TPSA) is 41.6 Å². The van der Waals surface area contributed by atoms with E-state index in [4.69, 9.17) is 4.74 Å². The molecule has 0 fully saturated rings. The van der Waals surface area contributed by atoms with Crippen molar-refractivity contribution in [2.75, 3.05) is 26.0 Å².